The number of nitrogens with one attached hydrogen (secondary N) is 1. The van der Waals surface area contributed by atoms with Crippen LogP contribution in [0.4, 0.5) is 0 Å². The monoisotopic (exact) mass is 315 g/mol. The van der Waals surface area contributed by atoms with Gasteiger partial charge >= 0.3 is 0 Å². The van der Waals surface area contributed by atoms with Gasteiger partial charge in [0.05, 0.1) is 5.54 Å². The summed E-state index contributed by atoms with van der Waals surface area (Å²) < 4.78 is 5.49. The van der Waals surface area contributed by atoms with E-state index in [4.69, 9.17) is 4.52 Å². The van der Waals surface area contributed by atoms with Crippen LogP contribution >= 0.6 is 0 Å². The quantitative estimate of drug-likeness (QED) is 0.942. The van der Waals surface area contributed by atoms with Crippen molar-refractivity contribution < 1.29 is 9.32 Å². The number of nitrogens with zero attached hydrogens (tertiary/aromatic N) is 2. The fraction of sp³-hybridized carbons (Fsp3) is 0.556. The lowest BCUT2D eigenvalue weighted by molar-refractivity contribution is -0.123. The molecule has 0 spiro atoms. The van der Waals surface area contributed by atoms with Gasteiger partial charge in [-0.05, 0) is 58.8 Å². The lowest BCUT2D eigenvalue weighted by atomic mass is 9.96. The second-order valence-electron chi connectivity index (χ2n) is 7.14. The van der Waals surface area contributed by atoms with E-state index in [1.165, 1.54) is 6.42 Å². The highest BCUT2D eigenvalue weighted by Crippen LogP contribution is 2.29. The van der Waals surface area contributed by atoms with Crippen molar-refractivity contribution in [3.05, 3.63) is 29.5 Å². The Balaban J connectivity index is 1.77. The molecule has 23 heavy (non-hydrogen) atoms. The van der Waals surface area contributed by atoms with Crippen LogP contribution in [-0.4, -0.2) is 35.6 Å². The van der Waals surface area contributed by atoms with E-state index in [2.05, 4.69) is 22.4 Å². The average molecular weight is 315 g/mol. The molecule has 5 nitrogen and oxygen atoms in total. The SMILES string of the molecule is Cc1cccc2c(C(C)(C)NC(=O)C[C@H]3CCCN3C)noc12. The number of hydrogen-bond acceptors (Lipinski definition) is 4. The summed E-state index contributed by atoms with van der Waals surface area (Å²) in [6, 6.07) is 6.33. The van der Waals surface area contributed by atoms with Crippen molar-refractivity contribution in [3.8, 4) is 0 Å². The average Bonchev–Trinajstić information content (AvgIpc) is 3.06. The number of aromatic nitrogens is 1. The fourth-order valence-corrected chi connectivity index (χ4v) is 3.46. The lowest BCUT2D eigenvalue weighted by Gasteiger charge is -2.26. The number of hydrogen-bond donors (Lipinski definition) is 1. The topological polar surface area (TPSA) is 58.4 Å². The molecule has 0 unspecified atom stereocenters. The molecule has 1 aromatic heterocycles. The second-order valence-corrected chi connectivity index (χ2v) is 7.14. The molecular weight excluding hydrogens is 290 g/mol. The summed E-state index contributed by atoms with van der Waals surface area (Å²) in [6.07, 6.45) is 2.80. The summed E-state index contributed by atoms with van der Waals surface area (Å²) in [5, 5.41) is 8.32. The summed E-state index contributed by atoms with van der Waals surface area (Å²) >= 11 is 0. The molecule has 1 aromatic carbocycles. The largest absolute Gasteiger partial charge is 0.356 e. The van der Waals surface area contributed by atoms with Crippen molar-refractivity contribution in [1.82, 2.24) is 15.4 Å². The van der Waals surface area contributed by atoms with Gasteiger partial charge in [0.2, 0.25) is 5.91 Å². The van der Waals surface area contributed by atoms with Crippen LogP contribution in [0.5, 0.6) is 0 Å². The first-order valence-electron chi connectivity index (χ1n) is 8.25. The first-order chi connectivity index (χ1) is 10.9. The summed E-state index contributed by atoms with van der Waals surface area (Å²) in [5.74, 6) is 0.0672. The summed E-state index contributed by atoms with van der Waals surface area (Å²) in [7, 11) is 2.09. The van der Waals surface area contributed by atoms with Gasteiger partial charge < -0.3 is 14.7 Å². The van der Waals surface area contributed by atoms with Gasteiger partial charge in [0.1, 0.15) is 5.69 Å². The Morgan fingerprint density at radius 3 is 2.96 bits per heavy atom. The van der Waals surface area contributed by atoms with Crippen LogP contribution in [0.3, 0.4) is 0 Å². The molecule has 0 radical (unpaired) electrons. The molecule has 0 saturated carbocycles. The Morgan fingerprint density at radius 2 is 2.26 bits per heavy atom. The lowest BCUT2D eigenvalue weighted by Crippen LogP contribution is -2.43. The second kappa shape index (κ2) is 5.96. The van der Waals surface area contributed by atoms with Crippen molar-refractivity contribution >= 4 is 16.9 Å². The third-order valence-electron chi connectivity index (χ3n) is 4.83. The molecular formula is C18H25N3O2. The number of aryl methyl sites for hydroxylation is 1. The summed E-state index contributed by atoms with van der Waals surface area (Å²) in [5.41, 5.74) is 2.06. The van der Waals surface area contributed by atoms with Gasteiger partial charge in [-0.3, -0.25) is 4.79 Å². The number of likely N-dealkylation sites (tertiary alicyclic amines) is 1. The highest BCUT2D eigenvalue weighted by molar-refractivity contribution is 5.84. The normalized spacial score (nSPS) is 19.4. The minimum atomic E-state index is -0.562. The Kier molecular flexibility index (Phi) is 4.15. The number of para-hydroxylation sites is 1. The van der Waals surface area contributed by atoms with E-state index in [0.717, 1.165) is 35.2 Å². The Labute approximate surface area is 137 Å². The third kappa shape index (κ3) is 3.11. The Bertz CT molecular complexity index is 720. The zero-order chi connectivity index (χ0) is 16.6. The molecule has 1 aliphatic heterocycles. The van der Waals surface area contributed by atoms with Crippen molar-refractivity contribution in [2.45, 2.75) is 51.6 Å². The number of fused-ring (bicyclic) bond motifs is 1. The highest BCUT2D eigenvalue weighted by atomic mass is 16.5. The van der Waals surface area contributed by atoms with Gasteiger partial charge in [0.15, 0.2) is 5.58 Å². The van der Waals surface area contributed by atoms with E-state index in [0.29, 0.717) is 12.5 Å². The number of rotatable bonds is 4. The fourth-order valence-electron chi connectivity index (χ4n) is 3.46. The van der Waals surface area contributed by atoms with Gasteiger partial charge in [-0.25, -0.2) is 0 Å². The summed E-state index contributed by atoms with van der Waals surface area (Å²) in [6.45, 7) is 7.03. The van der Waals surface area contributed by atoms with Crippen LogP contribution in [0.1, 0.15) is 44.4 Å². The van der Waals surface area contributed by atoms with E-state index in [1.54, 1.807) is 0 Å². The predicted octanol–water partition coefficient (Wildman–Crippen LogP) is 2.97. The number of amides is 1. The molecule has 2 aromatic rings. The van der Waals surface area contributed by atoms with Gasteiger partial charge in [-0.1, -0.05) is 17.3 Å². The van der Waals surface area contributed by atoms with E-state index in [-0.39, 0.29) is 5.91 Å². The molecule has 124 valence electrons. The Morgan fingerprint density at radius 1 is 1.48 bits per heavy atom. The van der Waals surface area contributed by atoms with E-state index in [1.807, 2.05) is 39.0 Å². The van der Waals surface area contributed by atoms with Crippen molar-refractivity contribution in [2.75, 3.05) is 13.6 Å². The van der Waals surface area contributed by atoms with Gasteiger partial charge in [-0.15, -0.1) is 0 Å². The zero-order valence-corrected chi connectivity index (χ0v) is 14.3. The maximum absolute atomic E-state index is 12.5. The first kappa shape index (κ1) is 16.0. The van der Waals surface area contributed by atoms with Crippen LogP contribution in [0.15, 0.2) is 22.7 Å². The molecule has 1 N–H and O–H groups in total. The van der Waals surface area contributed by atoms with Crippen molar-refractivity contribution in [2.24, 2.45) is 0 Å². The van der Waals surface area contributed by atoms with E-state index in [9.17, 15) is 4.79 Å². The van der Waals surface area contributed by atoms with Crippen LogP contribution in [-0.2, 0) is 10.3 Å². The highest BCUT2D eigenvalue weighted by Gasteiger charge is 2.31. The molecule has 1 fully saturated rings. The van der Waals surface area contributed by atoms with Gasteiger partial charge in [0, 0.05) is 17.8 Å². The molecule has 1 amide bonds. The predicted molar refractivity (Wildman–Crippen MR) is 90.2 cm³/mol. The minimum Gasteiger partial charge on any atom is -0.356 e. The zero-order valence-electron chi connectivity index (χ0n) is 14.3. The molecule has 3 rings (SSSR count). The molecule has 2 heterocycles. The van der Waals surface area contributed by atoms with Crippen molar-refractivity contribution in [3.63, 3.8) is 0 Å². The molecule has 5 heteroatoms. The summed E-state index contributed by atoms with van der Waals surface area (Å²) in [4.78, 5) is 14.7. The minimum absolute atomic E-state index is 0.0672. The molecule has 0 aliphatic carbocycles. The molecule has 1 aliphatic rings. The van der Waals surface area contributed by atoms with Crippen LogP contribution < -0.4 is 5.32 Å². The number of carbonyl (C=O) groups is 1. The van der Waals surface area contributed by atoms with Gasteiger partial charge in [0.25, 0.3) is 0 Å². The van der Waals surface area contributed by atoms with Gasteiger partial charge in [-0.2, -0.15) is 0 Å². The van der Waals surface area contributed by atoms with Crippen molar-refractivity contribution in [1.29, 1.82) is 0 Å². The molecule has 0 bridgehead atoms. The van der Waals surface area contributed by atoms with E-state index >= 15 is 0 Å². The maximum atomic E-state index is 12.5. The smallest absolute Gasteiger partial charge is 0.222 e. The third-order valence-corrected chi connectivity index (χ3v) is 4.83. The van der Waals surface area contributed by atoms with Crippen LogP contribution in [0.2, 0.25) is 0 Å². The molecule has 1 atom stereocenters. The maximum Gasteiger partial charge on any atom is 0.222 e. The standard InChI is InChI=1S/C18H25N3O2/c1-12-7-5-9-14-16(12)23-20-17(14)18(2,3)19-15(22)11-13-8-6-10-21(13)4/h5,7,9,13H,6,8,10-11H2,1-4H3,(H,19,22)/t13-/m1/s1. The van der Waals surface area contributed by atoms with E-state index < -0.39 is 5.54 Å². The number of carbonyl (C=O) groups excluding carboxylic acids is 1. The van der Waals surface area contributed by atoms with Crippen LogP contribution in [0, 0.1) is 6.92 Å². The van der Waals surface area contributed by atoms with Crippen LogP contribution in [0.25, 0.3) is 11.0 Å². The Hall–Kier alpha value is -1.88. The number of benzene rings is 1. The molecule has 1 saturated heterocycles. The first-order valence-corrected chi connectivity index (χ1v) is 8.25.